The molecule has 0 aliphatic carbocycles. The Morgan fingerprint density at radius 2 is 2.11 bits per heavy atom. The van der Waals surface area contributed by atoms with E-state index in [0.717, 1.165) is 11.3 Å². The summed E-state index contributed by atoms with van der Waals surface area (Å²) < 4.78 is 35.3. The molecule has 1 aromatic rings. The van der Waals surface area contributed by atoms with Gasteiger partial charge in [0.15, 0.2) is 5.13 Å². The van der Waals surface area contributed by atoms with Crippen molar-refractivity contribution < 1.29 is 27.9 Å². The van der Waals surface area contributed by atoms with E-state index in [1.807, 2.05) is 0 Å². The van der Waals surface area contributed by atoms with Crippen molar-refractivity contribution >= 4 is 28.5 Å². The second kappa shape index (κ2) is 5.67. The molecular formula is C8H8F3N3O3S. The molecule has 0 radical (unpaired) electrons. The van der Waals surface area contributed by atoms with Gasteiger partial charge in [-0.05, 0) is 0 Å². The lowest BCUT2D eigenvalue weighted by molar-refractivity contribution is -0.136. The van der Waals surface area contributed by atoms with Gasteiger partial charge in [-0.3, -0.25) is 10.1 Å². The Kier molecular flexibility index (Phi) is 4.48. The standard InChI is InChI=1S/C8H8F3N3O3S/c9-8(10,11)3-12-6(17)14-7-13-4(2-18-7)1-5(15)16/h2H,1,3H2,(H,15,16)(H2,12,13,14,17). The first-order chi connectivity index (χ1) is 8.26. The van der Waals surface area contributed by atoms with Crippen molar-refractivity contribution in [3.05, 3.63) is 11.1 Å². The molecule has 18 heavy (non-hydrogen) atoms. The maximum atomic E-state index is 11.8. The van der Waals surface area contributed by atoms with Crippen LogP contribution in [0.25, 0.3) is 0 Å². The van der Waals surface area contributed by atoms with Gasteiger partial charge in [0.1, 0.15) is 6.54 Å². The highest BCUT2D eigenvalue weighted by Crippen LogP contribution is 2.16. The van der Waals surface area contributed by atoms with Crippen molar-refractivity contribution in [3.63, 3.8) is 0 Å². The van der Waals surface area contributed by atoms with Crippen LogP contribution in [-0.4, -0.2) is 34.8 Å². The van der Waals surface area contributed by atoms with Crippen molar-refractivity contribution in [2.24, 2.45) is 0 Å². The van der Waals surface area contributed by atoms with Gasteiger partial charge in [-0.15, -0.1) is 11.3 Å². The van der Waals surface area contributed by atoms with Crippen LogP contribution in [0.15, 0.2) is 5.38 Å². The van der Waals surface area contributed by atoms with Crippen LogP contribution in [0, 0.1) is 0 Å². The number of carboxylic acids is 1. The quantitative estimate of drug-likeness (QED) is 0.780. The molecule has 0 unspecified atom stereocenters. The predicted octanol–water partition coefficient (Wildman–Crippen LogP) is 1.45. The number of hydrogen-bond acceptors (Lipinski definition) is 4. The molecule has 0 saturated carbocycles. The number of urea groups is 1. The Hall–Kier alpha value is -1.84. The lowest BCUT2D eigenvalue weighted by Crippen LogP contribution is -2.36. The van der Waals surface area contributed by atoms with E-state index in [-0.39, 0.29) is 17.2 Å². The minimum absolute atomic E-state index is 0.0333. The van der Waals surface area contributed by atoms with Gasteiger partial charge in [-0.25, -0.2) is 9.78 Å². The molecule has 10 heteroatoms. The zero-order chi connectivity index (χ0) is 13.8. The first-order valence-corrected chi connectivity index (χ1v) is 5.42. The van der Waals surface area contributed by atoms with E-state index in [1.54, 1.807) is 5.32 Å². The fourth-order valence-corrected chi connectivity index (χ4v) is 1.63. The van der Waals surface area contributed by atoms with Crippen molar-refractivity contribution in [2.75, 3.05) is 11.9 Å². The zero-order valence-corrected chi connectivity index (χ0v) is 9.56. The number of halogens is 3. The Labute approximate surface area is 103 Å². The number of alkyl halides is 3. The number of thiazole rings is 1. The van der Waals surface area contributed by atoms with Crippen LogP contribution in [0.5, 0.6) is 0 Å². The second-order valence-corrected chi connectivity index (χ2v) is 4.00. The number of carbonyl (C=O) groups excluding carboxylic acids is 1. The molecule has 0 fully saturated rings. The third-order valence-corrected chi connectivity index (χ3v) is 2.36. The smallest absolute Gasteiger partial charge is 0.405 e. The average molecular weight is 283 g/mol. The summed E-state index contributed by atoms with van der Waals surface area (Å²) >= 11 is 0.926. The van der Waals surface area contributed by atoms with Gasteiger partial charge >= 0.3 is 18.2 Å². The molecule has 0 aliphatic heterocycles. The molecule has 0 saturated heterocycles. The number of hydrogen-bond donors (Lipinski definition) is 3. The number of amides is 2. The molecule has 0 bridgehead atoms. The van der Waals surface area contributed by atoms with E-state index >= 15 is 0 Å². The maximum Gasteiger partial charge on any atom is 0.405 e. The fourth-order valence-electron chi connectivity index (χ4n) is 0.922. The van der Waals surface area contributed by atoms with Crippen molar-refractivity contribution in [1.29, 1.82) is 0 Å². The van der Waals surface area contributed by atoms with Crippen LogP contribution in [0.4, 0.5) is 23.1 Å². The van der Waals surface area contributed by atoms with Crippen molar-refractivity contribution in [2.45, 2.75) is 12.6 Å². The molecule has 0 aromatic carbocycles. The van der Waals surface area contributed by atoms with E-state index in [4.69, 9.17) is 5.11 Å². The Morgan fingerprint density at radius 3 is 2.67 bits per heavy atom. The number of carboxylic acid groups (broad SMARTS) is 1. The molecule has 1 aromatic heterocycles. The first-order valence-electron chi connectivity index (χ1n) is 4.54. The molecule has 100 valence electrons. The summed E-state index contributed by atoms with van der Waals surface area (Å²) in [5.41, 5.74) is 0.221. The summed E-state index contributed by atoms with van der Waals surface area (Å²) in [6.45, 7) is -1.45. The number of aromatic nitrogens is 1. The summed E-state index contributed by atoms with van der Waals surface area (Å²) in [4.78, 5) is 25.1. The van der Waals surface area contributed by atoms with Gasteiger partial charge in [0, 0.05) is 5.38 Å². The minimum Gasteiger partial charge on any atom is -0.481 e. The van der Waals surface area contributed by atoms with Crippen LogP contribution < -0.4 is 10.6 Å². The molecule has 1 heterocycles. The molecular weight excluding hydrogens is 275 g/mol. The molecule has 3 N–H and O–H groups in total. The van der Waals surface area contributed by atoms with E-state index in [2.05, 4.69) is 10.3 Å². The predicted molar refractivity (Wildman–Crippen MR) is 56.5 cm³/mol. The molecule has 0 spiro atoms. The molecule has 2 amide bonds. The van der Waals surface area contributed by atoms with E-state index in [0.29, 0.717) is 0 Å². The van der Waals surface area contributed by atoms with Crippen LogP contribution in [-0.2, 0) is 11.2 Å². The van der Waals surface area contributed by atoms with Crippen LogP contribution in [0.3, 0.4) is 0 Å². The third kappa shape index (κ3) is 5.48. The molecule has 1 rings (SSSR count). The van der Waals surface area contributed by atoms with E-state index in [9.17, 15) is 22.8 Å². The van der Waals surface area contributed by atoms with Gasteiger partial charge in [0.25, 0.3) is 0 Å². The molecule has 0 aliphatic rings. The number of rotatable bonds is 4. The van der Waals surface area contributed by atoms with Crippen LogP contribution in [0.2, 0.25) is 0 Å². The van der Waals surface area contributed by atoms with E-state index in [1.165, 1.54) is 5.38 Å². The highest BCUT2D eigenvalue weighted by molar-refractivity contribution is 7.13. The topological polar surface area (TPSA) is 91.3 Å². The summed E-state index contributed by atoms with van der Waals surface area (Å²) in [6.07, 6.45) is -4.81. The van der Waals surface area contributed by atoms with Gasteiger partial charge in [0.05, 0.1) is 12.1 Å². The lowest BCUT2D eigenvalue weighted by Gasteiger charge is -2.07. The molecule has 6 nitrogen and oxygen atoms in total. The maximum absolute atomic E-state index is 11.8. The van der Waals surface area contributed by atoms with Crippen LogP contribution >= 0.6 is 11.3 Å². The summed E-state index contributed by atoms with van der Waals surface area (Å²) in [5, 5.41) is 13.6. The lowest BCUT2D eigenvalue weighted by atomic mass is 10.3. The minimum atomic E-state index is -4.49. The summed E-state index contributed by atoms with van der Waals surface area (Å²) in [6, 6.07) is -1.05. The summed E-state index contributed by atoms with van der Waals surface area (Å²) in [7, 11) is 0. The zero-order valence-electron chi connectivity index (χ0n) is 8.74. The number of carbonyl (C=O) groups is 2. The number of nitrogens with one attached hydrogen (secondary N) is 2. The monoisotopic (exact) mass is 283 g/mol. The Balaban J connectivity index is 2.45. The average Bonchev–Trinajstić information content (AvgIpc) is 2.60. The van der Waals surface area contributed by atoms with Gasteiger partial charge < -0.3 is 10.4 Å². The number of anilines is 1. The van der Waals surface area contributed by atoms with Gasteiger partial charge in [0.2, 0.25) is 0 Å². The summed E-state index contributed by atoms with van der Waals surface area (Å²) in [5.74, 6) is -1.09. The van der Waals surface area contributed by atoms with Gasteiger partial charge in [-0.2, -0.15) is 13.2 Å². The number of aliphatic carboxylic acids is 1. The third-order valence-electron chi connectivity index (χ3n) is 1.55. The van der Waals surface area contributed by atoms with E-state index < -0.39 is 24.7 Å². The Morgan fingerprint density at radius 1 is 1.44 bits per heavy atom. The molecule has 0 atom stereocenters. The van der Waals surface area contributed by atoms with Crippen molar-refractivity contribution in [1.82, 2.24) is 10.3 Å². The second-order valence-electron chi connectivity index (χ2n) is 3.14. The number of nitrogens with zero attached hydrogens (tertiary/aromatic N) is 1. The SMILES string of the molecule is O=C(O)Cc1csc(NC(=O)NCC(F)(F)F)n1. The van der Waals surface area contributed by atoms with Gasteiger partial charge in [-0.1, -0.05) is 0 Å². The highest BCUT2D eigenvalue weighted by Gasteiger charge is 2.27. The highest BCUT2D eigenvalue weighted by atomic mass is 32.1. The van der Waals surface area contributed by atoms with Crippen molar-refractivity contribution in [3.8, 4) is 0 Å². The Bertz CT molecular complexity index is 446. The largest absolute Gasteiger partial charge is 0.481 e. The first kappa shape index (κ1) is 14.2. The van der Waals surface area contributed by atoms with Crippen LogP contribution in [0.1, 0.15) is 5.69 Å². The fraction of sp³-hybridized carbons (Fsp3) is 0.375. The normalized spacial score (nSPS) is 11.1.